The van der Waals surface area contributed by atoms with Crippen LogP contribution in [0.1, 0.15) is 36.3 Å². The Morgan fingerprint density at radius 1 is 1.07 bits per heavy atom. The largest absolute Gasteiger partial charge is 0.449 e. The van der Waals surface area contributed by atoms with Crippen LogP contribution in [-0.4, -0.2) is 43.7 Å². The normalized spacial score (nSPS) is 17.6. The van der Waals surface area contributed by atoms with Gasteiger partial charge in [-0.25, -0.2) is 4.79 Å². The number of carbonyl (C=O) groups is 1. The van der Waals surface area contributed by atoms with Crippen molar-refractivity contribution in [3.05, 3.63) is 59.7 Å². The van der Waals surface area contributed by atoms with Crippen molar-refractivity contribution in [3.8, 4) is 11.1 Å². The summed E-state index contributed by atoms with van der Waals surface area (Å²) in [6, 6.07) is 16.3. The van der Waals surface area contributed by atoms with Gasteiger partial charge in [0, 0.05) is 19.1 Å². The first kappa shape index (κ1) is 19.0. The molecule has 1 atom stereocenters. The third-order valence-corrected chi connectivity index (χ3v) is 5.84. The Morgan fingerprint density at radius 3 is 2.29 bits per heavy atom. The summed E-state index contributed by atoms with van der Waals surface area (Å²) in [6.07, 6.45) is 2.24. The lowest BCUT2D eigenvalue weighted by Gasteiger charge is -2.26. The Kier molecular flexibility index (Phi) is 5.93. The van der Waals surface area contributed by atoms with Crippen molar-refractivity contribution in [1.29, 1.82) is 0 Å². The molecule has 1 aliphatic heterocycles. The first-order valence-electron chi connectivity index (χ1n) is 10.1. The minimum absolute atomic E-state index is 0.0428. The number of hydrogen-bond acceptors (Lipinski definition) is 4. The van der Waals surface area contributed by atoms with Gasteiger partial charge in [-0.3, -0.25) is 0 Å². The van der Waals surface area contributed by atoms with Crippen LogP contribution in [0.25, 0.3) is 11.1 Å². The number of rotatable bonds is 6. The van der Waals surface area contributed by atoms with Gasteiger partial charge in [0.2, 0.25) is 0 Å². The van der Waals surface area contributed by atoms with E-state index in [1.807, 2.05) is 24.3 Å². The fourth-order valence-electron chi connectivity index (χ4n) is 4.37. The fourth-order valence-corrected chi connectivity index (χ4v) is 4.37. The first-order chi connectivity index (χ1) is 13.8. The molecule has 1 saturated heterocycles. The minimum Gasteiger partial charge on any atom is -0.449 e. The molecule has 1 heterocycles. The number of hydrogen-bond donors (Lipinski definition) is 2. The van der Waals surface area contributed by atoms with Gasteiger partial charge in [-0.2, -0.15) is 0 Å². The first-order valence-corrected chi connectivity index (χ1v) is 10.1. The number of benzene rings is 2. The van der Waals surface area contributed by atoms with Crippen LogP contribution in [0.3, 0.4) is 0 Å². The molecule has 0 saturated carbocycles. The molecule has 2 aliphatic rings. The molecule has 28 heavy (non-hydrogen) atoms. The summed E-state index contributed by atoms with van der Waals surface area (Å²) in [6.45, 7) is 1.72. The van der Waals surface area contributed by atoms with E-state index >= 15 is 0 Å². The highest BCUT2D eigenvalue weighted by Gasteiger charge is 2.29. The minimum atomic E-state index is -0.465. The molecule has 2 aromatic carbocycles. The van der Waals surface area contributed by atoms with E-state index in [0.29, 0.717) is 5.92 Å². The van der Waals surface area contributed by atoms with Gasteiger partial charge in [-0.15, -0.1) is 0 Å². The van der Waals surface area contributed by atoms with Crippen molar-refractivity contribution in [1.82, 2.24) is 5.32 Å². The summed E-state index contributed by atoms with van der Waals surface area (Å²) in [5, 5.41) is 12.5. The average Bonchev–Trinajstić information content (AvgIpc) is 3.06. The van der Waals surface area contributed by atoms with Crippen LogP contribution in [-0.2, 0) is 9.47 Å². The van der Waals surface area contributed by atoms with Gasteiger partial charge in [0.05, 0.1) is 12.6 Å². The molecule has 4 rings (SSSR count). The van der Waals surface area contributed by atoms with Crippen LogP contribution in [0.15, 0.2) is 48.5 Å². The molecule has 1 amide bonds. The maximum atomic E-state index is 12.4. The Hall–Kier alpha value is -2.37. The van der Waals surface area contributed by atoms with Crippen molar-refractivity contribution in [2.24, 2.45) is 5.92 Å². The van der Waals surface area contributed by atoms with E-state index in [4.69, 9.17) is 9.47 Å². The summed E-state index contributed by atoms with van der Waals surface area (Å²) < 4.78 is 10.9. The smallest absolute Gasteiger partial charge is 0.407 e. The number of aliphatic hydroxyl groups is 1. The molecule has 1 unspecified atom stereocenters. The monoisotopic (exact) mass is 381 g/mol. The van der Waals surface area contributed by atoms with Crippen LogP contribution in [0.5, 0.6) is 0 Å². The zero-order chi connectivity index (χ0) is 19.3. The fraction of sp³-hybridized carbons (Fsp3) is 0.435. The molecule has 0 aromatic heterocycles. The average molecular weight is 381 g/mol. The maximum Gasteiger partial charge on any atom is 0.407 e. The second-order valence-corrected chi connectivity index (χ2v) is 7.64. The van der Waals surface area contributed by atoms with Crippen molar-refractivity contribution in [3.63, 3.8) is 0 Å². The molecule has 2 N–H and O–H groups in total. The molecule has 5 nitrogen and oxygen atoms in total. The molecular formula is C23H27NO4. The summed E-state index contributed by atoms with van der Waals surface area (Å²) >= 11 is 0. The third-order valence-electron chi connectivity index (χ3n) is 5.84. The van der Waals surface area contributed by atoms with E-state index in [2.05, 4.69) is 29.6 Å². The lowest BCUT2D eigenvalue weighted by atomic mass is 9.93. The van der Waals surface area contributed by atoms with Crippen molar-refractivity contribution >= 4 is 6.09 Å². The van der Waals surface area contributed by atoms with Crippen molar-refractivity contribution in [2.45, 2.75) is 31.2 Å². The highest BCUT2D eigenvalue weighted by molar-refractivity contribution is 5.79. The predicted molar refractivity (Wildman–Crippen MR) is 107 cm³/mol. The molecule has 0 bridgehead atoms. The van der Waals surface area contributed by atoms with Crippen molar-refractivity contribution in [2.75, 3.05) is 26.4 Å². The van der Waals surface area contributed by atoms with Gasteiger partial charge in [0.15, 0.2) is 0 Å². The lowest BCUT2D eigenvalue weighted by Crippen LogP contribution is -2.40. The van der Waals surface area contributed by atoms with E-state index in [1.165, 1.54) is 22.3 Å². The van der Waals surface area contributed by atoms with Crippen molar-refractivity contribution < 1.29 is 19.4 Å². The predicted octanol–water partition coefficient (Wildman–Crippen LogP) is 3.70. The zero-order valence-electron chi connectivity index (χ0n) is 16.0. The Morgan fingerprint density at radius 2 is 1.68 bits per heavy atom. The number of aliphatic hydroxyl groups excluding tert-OH is 1. The number of ether oxygens (including phenoxy) is 2. The molecule has 1 fully saturated rings. The van der Waals surface area contributed by atoms with E-state index in [9.17, 15) is 9.90 Å². The summed E-state index contributed by atoms with van der Waals surface area (Å²) in [5.74, 6) is 0.515. The van der Waals surface area contributed by atoms with E-state index in [-0.39, 0.29) is 25.2 Å². The van der Waals surface area contributed by atoms with Gasteiger partial charge >= 0.3 is 6.09 Å². The number of amides is 1. The second-order valence-electron chi connectivity index (χ2n) is 7.64. The summed E-state index contributed by atoms with van der Waals surface area (Å²) in [7, 11) is 0. The second kappa shape index (κ2) is 8.76. The van der Waals surface area contributed by atoms with Gasteiger partial charge in [-0.1, -0.05) is 48.5 Å². The van der Waals surface area contributed by atoms with Crippen LogP contribution >= 0.6 is 0 Å². The third kappa shape index (κ3) is 4.05. The summed E-state index contributed by atoms with van der Waals surface area (Å²) in [5.41, 5.74) is 4.80. The molecule has 0 radical (unpaired) electrons. The van der Waals surface area contributed by atoms with Gasteiger partial charge in [0.1, 0.15) is 6.61 Å². The number of nitrogens with one attached hydrogen (secondary N) is 1. The Balaban J connectivity index is 1.36. The Labute approximate surface area is 165 Å². The van der Waals surface area contributed by atoms with Gasteiger partial charge in [0.25, 0.3) is 0 Å². The zero-order valence-corrected chi connectivity index (χ0v) is 16.0. The van der Waals surface area contributed by atoms with Crippen LogP contribution in [0.2, 0.25) is 0 Å². The highest BCUT2D eigenvalue weighted by Crippen LogP contribution is 2.44. The lowest BCUT2D eigenvalue weighted by molar-refractivity contribution is 0.0566. The summed E-state index contributed by atoms with van der Waals surface area (Å²) in [4.78, 5) is 12.4. The standard InChI is InChI=1S/C23H27NO4/c25-14-17(13-16-9-11-27-12-10-16)24-23(26)28-15-22-20-7-3-1-5-18(20)19-6-2-4-8-21(19)22/h1-8,16-17,22,25H,9-15H2,(H,24,26). The maximum absolute atomic E-state index is 12.4. The van der Waals surface area contributed by atoms with Crippen LogP contribution in [0, 0.1) is 5.92 Å². The van der Waals surface area contributed by atoms with E-state index in [1.54, 1.807) is 0 Å². The molecule has 5 heteroatoms. The number of alkyl carbamates (subject to hydrolysis) is 1. The molecule has 148 valence electrons. The number of fused-ring (bicyclic) bond motifs is 3. The molecular weight excluding hydrogens is 354 g/mol. The molecule has 1 aliphatic carbocycles. The Bertz CT molecular complexity index is 770. The van der Waals surface area contributed by atoms with E-state index < -0.39 is 6.09 Å². The van der Waals surface area contributed by atoms with Gasteiger partial charge < -0.3 is 19.9 Å². The molecule has 0 spiro atoms. The molecule has 2 aromatic rings. The van der Waals surface area contributed by atoms with Gasteiger partial charge in [-0.05, 0) is 47.4 Å². The quantitative estimate of drug-likeness (QED) is 0.801. The highest BCUT2D eigenvalue weighted by atomic mass is 16.5. The SMILES string of the molecule is O=C(NC(CO)CC1CCOCC1)OCC1c2ccccc2-c2ccccc21. The topological polar surface area (TPSA) is 67.8 Å². The van der Waals surface area contributed by atoms with E-state index in [0.717, 1.165) is 32.5 Å². The van der Waals surface area contributed by atoms with Crippen LogP contribution < -0.4 is 5.32 Å². The number of carbonyl (C=O) groups excluding carboxylic acids is 1. The van der Waals surface area contributed by atoms with Crippen LogP contribution in [0.4, 0.5) is 4.79 Å².